The molecular weight excluding hydrogens is 797 g/mol. The van der Waals surface area contributed by atoms with Gasteiger partial charge in [-0.05, 0) is 106 Å². The van der Waals surface area contributed by atoms with E-state index in [1.807, 2.05) is 17.4 Å². The van der Waals surface area contributed by atoms with Crippen LogP contribution in [0.15, 0.2) is 223 Å². The highest BCUT2D eigenvalue weighted by molar-refractivity contribution is 7.26. The lowest BCUT2D eigenvalue weighted by molar-refractivity contribution is 0.666. The maximum absolute atomic E-state index is 6.68. The Morgan fingerprint density at radius 2 is 0.844 bits per heavy atom. The van der Waals surface area contributed by atoms with Gasteiger partial charge in [0.25, 0.3) is 0 Å². The summed E-state index contributed by atoms with van der Waals surface area (Å²) in [5, 5.41) is 9.74. The van der Waals surface area contributed by atoms with Crippen molar-refractivity contribution in [2.45, 2.75) is 0 Å². The third kappa shape index (κ3) is 5.09. The van der Waals surface area contributed by atoms with Crippen molar-refractivity contribution in [3.8, 4) is 44.8 Å². The number of furan rings is 1. The summed E-state index contributed by atoms with van der Waals surface area (Å²) >= 11 is 1.88. The topological polar surface area (TPSA) is 23.0 Å². The van der Waals surface area contributed by atoms with Gasteiger partial charge in [0.15, 0.2) is 5.58 Å². The number of para-hydroxylation sites is 5. The van der Waals surface area contributed by atoms with Crippen LogP contribution in [0.2, 0.25) is 0 Å². The third-order valence-electron chi connectivity index (χ3n) is 13.3. The van der Waals surface area contributed by atoms with E-state index in [0.29, 0.717) is 0 Å². The van der Waals surface area contributed by atoms with Crippen LogP contribution in [-0.2, 0) is 0 Å². The number of nitrogens with zero attached hydrogens (tertiary/aromatic N) is 2. The highest BCUT2D eigenvalue weighted by atomic mass is 32.1. The zero-order valence-corrected chi connectivity index (χ0v) is 35.3. The van der Waals surface area contributed by atoms with Crippen molar-refractivity contribution in [2.75, 3.05) is 0 Å². The van der Waals surface area contributed by atoms with Crippen LogP contribution in [0.5, 0.6) is 0 Å². The molecule has 0 spiro atoms. The molecule has 4 aromatic heterocycles. The van der Waals surface area contributed by atoms with Gasteiger partial charge in [-0.25, -0.2) is 0 Å². The Bertz CT molecular complexity index is 4200. The largest absolute Gasteiger partial charge is 0.454 e. The maximum atomic E-state index is 6.68. The molecule has 298 valence electrons. The smallest absolute Gasteiger partial charge is 0.159 e. The normalized spacial score (nSPS) is 12.1. The summed E-state index contributed by atoms with van der Waals surface area (Å²) in [5.41, 5.74) is 15.8. The minimum Gasteiger partial charge on any atom is -0.454 e. The summed E-state index contributed by atoms with van der Waals surface area (Å²) < 4.78 is 14.1. The molecule has 0 fully saturated rings. The fraction of sp³-hybridized carbons (Fsp3) is 0. The zero-order valence-electron chi connectivity index (χ0n) is 34.5. The Hall–Kier alpha value is -8.18. The molecule has 0 N–H and O–H groups in total. The lowest BCUT2D eigenvalue weighted by Crippen LogP contribution is -1.94. The number of hydrogen-bond acceptors (Lipinski definition) is 2. The van der Waals surface area contributed by atoms with E-state index in [4.69, 9.17) is 4.42 Å². The van der Waals surface area contributed by atoms with Crippen LogP contribution in [0.25, 0.3) is 130 Å². The Balaban J connectivity index is 1.08. The minimum atomic E-state index is 0.889. The number of thiophene rings is 1. The Kier molecular flexibility index (Phi) is 7.56. The number of fused-ring (bicyclic) bond motifs is 12. The third-order valence-corrected chi connectivity index (χ3v) is 14.5. The van der Waals surface area contributed by atoms with E-state index >= 15 is 0 Å². The molecule has 0 atom stereocenters. The molecule has 0 saturated heterocycles. The first-order chi connectivity index (χ1) is 31.8. The maximum Gasteiger partial charge on any atom is 0.159 e. The SMILES string of the molecule is c1ccc(-n2c3ccccc3c3c(-c4cc(-c5cccc6c5sc5ccccc56)cc(-c5cccc6c5c5ccccc5n6-c5cccc6c5oc5ccccc56)c4)cccc32)cc1. The number of aromatic nitrogens is 2. The van der Waals surface area contributed by atoms with E-state index in [0.717, 1.165) is 44.3 Å². The van der Waals surface area contributed by atoms with Crippen molar-refractivity contribution in [3.05, 3.63) is 218 Å². The molecular formula is C60H36N2OS. The molecule has 0 radical (unpaired) electrons. The van der Waals surface area contributed by atoms with Crippen molar-refractivity contribution in [2.24, 2.45) is 0 Å². The van der Waals surface area contributed by atoms with E-state index in [1.54, 1.807) is 0 Å². The van der Waals surface area contributed by atoms with Crippen LogP contribution < -0.4 is 0 Å². The van der Waals surface area contributed by atoms with Gasteiger partial charge in [-0.15, -0.1) is 11.3 Å². The molecule has 4 heteroatoms. The molecule has 14 rings (SSSR count). The van der Waals surface area contributed by atoms with Gasteiger partial charge < -0.3 is 13.6 Å². The molecule has 64 heavy (non-hydrogen) atoms. The van der Waals surface area contributed by atoms with E-state index in [2.05, 4.69) is 221 Å². The molecule has 0 amide bonds. The molecule has 0 aliphatic carbocycles. The summed E-state index contributed by atoms with van der Waals surface area (Å²) in [7, 11) is 0. The van der Waals surface area contributed by atoms with Crippen LogP contribution >= 0.6 is 11.3 Å². The van der Waals surface area contributed by atoms with E-state index < -0.39 is 0 Å². The predicted octanol–water partition coefficient (Wildman–Crippen LogP) is 17.1. The summed E-state index contributed by atoms with van der Waals surface area (Å²) in [4.78, 5) is 0. The van der Waals surface area contributed by atoms with Gasteiger partial charge in [0.1, 0.15) is 5.58 Å². The molecule has 3 nitrogen and oxygen atoms in total. The van der Waals surface area contributed by atoms with Gasteiger partial charge >= 0.3 is 0 Å². The predicted molar refractivity (Wildman–Crippen MR) is 272 cm³/mol. The summed E-state index contributed by atoms with van der Waals surface area (Å²) in [5.74, 6) is 0. The minimum absolute atomic E-state index is 0.889. The second-order valence-electron chi connectivity index (χ2n) is 16.8. The van der Waals surface area contributed by atoms with Gasteiger partial charge in [0.2, 0.25) is 0 Å². The van der Waals surface area contributed by atoms with Gasteiger partial charge in [-0.3, -0.25) is 0 Å². The summed E-state index contributed by atoms with van der Waals surface area (Å²) in [6, 6.07) is 79.8. The van der Waals surface area contributed by atoms with Crippen LogP contribution in [0.4, 0.5) is 0 Å². The number of hydrogen-bond donors (Lipinski definition) is 0. The molecule has 0 bridgehead atoms. The summed E-state index contributed by atoms with van der Waals surface area (Å²) in [6.07, 6.45) is 0. The van der Waals surface area contributed by atoms with Gasteiger partial charge in [0, 0.05) is 58.2 Å². The fourth-order valence-corrected chi connectivity index (χ4v) is 11.8. The van der Waals surface area contributed by atoms with Crippen LogP contribution in [-0.4, -0.2) is 9.13 Å². The highest BCUT2D eigenvalue weighted by Gasteiger charge is 2.22. The first-order valence-electron chi connectivity index (χ1n) is 21.8. The Morgan fingerprint density at radius 3 is 1.58 bits per heavy atom. The second kappa shape index (κ2) is 13.7. The molecule has 0 aliphatic heterocycles. The van der Waals surface area contributed by atoms with Crippen LogP contribution in [0.1, 0.15) is 0 Å². The standard InChI is InChI=1S/C60H36N2OS/c1-2-16-40(17-3-1)61-50-27-8-4-20-48(50)57-41(22-13-29-52(57)61)37-34-38(36-39(35-37)43-24-12-26-47-45-19-7-11-33-56(45)64-60(43)47)42-23-14-30-53-58(42)49-21-5-9-28-51(49)62(53)54-31-15-25-46-44-18-6-10-32-55(44)63-59(46)54/h1-36H. The van der Waals surface area contributed by atoms with Crippen molar-refractivity contribution >= 4 is 97.1 Å². The summed E-state index contributed by atoms with van der Waals surface area (Å²) in [6.45, 7) is 0. The first kappa shape index (κ1) is 35.4. The van der Waals surface area contributed by atoms with E-state index in [-0.39, 0.29) is 0 Å². The number of benzene rings is 10. The molecule has 0 unspecified atom stereocenters. The molecule has 4 heterocycles. The van der Waals surface area contributed by atoms with Crippen molar-refractivity contribution in [1.82, 2.24) is 9.13 Å². The average molecular weight is 833 g/mol. The van der Waals surface area contributed by atoms with Crippen LogP contribution in [0, 0.1) is 0 Å². The Morgan fingerprint density at radius 1 is 0.344 bits per heavy atom. The monoisotopic (exact) mass is 832 g/mol. The van der Waals surface area contributed by atoms with Gasteiger partial charge in [-0.2, -0.15) is 0 Å². The number of rotatable bonds is 5. The highest BCUT2D eigenvalue weighted by Crippen LogP contribution is 2.47. The first-order valence-corrected chi connectivity index (χ1v) is 22.7. The van der Waals surface area contributed by atoms with Crippen molar-refractivity contribution < 1.29 is 4.42 Å². The zero-order chi connectivity index (χ0) is 41.9. The van der Waals surface area contributed by atoms with Gasteiger partial charge in [0.05, 0.1) is 27.8 Å². The van der Waals surface area contributed by atoms with Gasteiger partial charge in [-0.1, -0.05) is 146 Å². The molecule has 0 saturated carbocycles. The molecule has 0 aliphatic rings. The van der Waals surface area contributed by atoms with Crippen molar-refractivity contribution in [1.29, 1.82) is 0 Å². The van der Waals surface area contributed by atoms with Crippen molar-refractivity contribution in [3.63, 3.8) is 0 Å². The van der Waals surface area contributed by atoms with E-state index in [9.17, 15) is 0 Å². The van der Waals surface area contributed by atoms with Crippen LogP contribution in [0.3, 0.4) is 0 Å². The lowest BCUT2D eigenvalue weighted by Gasteiger charge is -2.15. The fourth-order valence-electron chi connectivity index (χ4n) is 10.6. The Labute approximate surface area is 371 Å². The lowest BCUT2D eigenvalue weighted by atomic mass is 9.90. The van der Waals surface area contributed by atoms with E-state index in [1.165, 1.54) is 86.1 Å². The molecule has 14 aromatic rings. The molecule has 10 aromatic carbocycles. The second-order valence-corrected chi connectivity index (χ2v) is 17.8. The quantitative estimate of drug-likeness (QED) is 0.169. The average Bonchev–Trinajstić information content (AvgIpc) is 4.12.